The Bertz CT molecular complexity index is 1010. The lowest BCUT2D eigenvalue weighted by molar-refractivity contribution is -0.126. The lowest BCUT2D eigenvalue weighted by Crippen LogP contribution is -2.36. The van der Waals surface area contributed by atoms with Gasteiger partial charge in [-0.1, -0.05) is 31.4 Å². The smallest absolute Gasteiger partial charge is 0.227 e. The minimum atomic E-state index is 0.0261. The van der Waals surface area contributed by atoms with Gasteiger partial charge in [-0.15, -0.1) is 0 Å². The lowest BCUT2D eigenvalue weighted by atomic mass is 9.85. The Morgan fingerprint density at radius 1 is 0.944 bits per heavy atom. The van der Waals surface area contributed by atoms with Gasteiger partial charge in [-0.3, -0.25) is 9.59 Å². The SMILES string of the molecule is CN(C)Cc1ccnc(NC2CCC(C(=O)NCc3cccc(NC(=O)C4CCCCC4)c3)CC2)n1. The number of anilines is 2. The van der Waals surface area contributed by atoms with Gasteiger partial charge in [0.25, 0.3) is 0 Å². The van der Waals surface area contributed by atoms with Crippen LogP contribution in [0.2, 0.25) is 0 Å². The molecular weight excluding hydrogens is 452 g/mol. The van der Waals surface area contributed by atoms with Gasteiger partial charge in [-0.05, 0) is 76.4 Å². The van der Waals surface area contributed by atoms with Crippen LogP contribution in [0.5, 0.6) is 0 Å². The van der Waals surface area contributed by atoms with Crippen molar-refractivity contribution in [3.63, 3.8) is 0 Å². The first kappa shape index (κ1) is 26.1. The maximum atomic E-state index is 12.8. The van der Waals surface area contributed by atoms with Crippen LogP contribution in [-0.2, 0) is 22.7 Å². The first-order valence-electron chi connectivity index (χ1n) is 13.4. The van der Waals surface area contributed by atoms with Crippen molar-refractivity contribution in [3.05, 3.63) is 47.8 Å². The number of benzene rings is 1. The van der Waals surface area contributed by atoms with E-state index >= 15 is 0 Å². The maximum Gasteiger partial charge on any atom is 0.227 e. The number of rotatable bonds is 9. The summed E-state index contributed by atoms with van der Waals surface area (Å²) in [5.74, 6) is 1.04. The molecule has 0 spiro atoms. The molecule has 2 aromatic rings. The minimum Gasteiger partial charge on any atom is -0.352 e. The van der Waals surface area contributed by atoms with Gasteiger partial charge in [0.2, 0.25) is 17.8 Å². The van der Waals surface area contributed by atoms with E-state index in [-0.39, 0.29) is 29.7 Å². The molecule has 8 heteroatoms. The Kier molecular flexibility index (Phi) is 9.28. The molecule has 2 amide bonds. The number of amides is 2. The molecule has 1 aromatic carbocycles. The summed E-state index contributed by atoms with van der Waals surface area (Å²) in [7, 11) is 4.04. The van der Waals surface area contributed by atoms with Gasteiger partial charge in [-0.25, -0.2) is 9.97 Å². The van der Waals surface area contributed by atoms with Gasteiger partial charge in [0.1, 0.15) is 0 Å². The summed E-state index contributed by atoms with van der Waals surface area (Å²) in [5.41, 5.74) is 2.79. The highest BCUT2D eigenvalue weighted by Gasteiger charge is 2.26. The molecular formula is C28H40N6O2. The van der Waals surface area contributed by atoms with Crippen LogP contribution in [-0.4, -0.2) is 46.8 Å². The Morgan fingerprint density at radius 2 is 1.69 bits per heavy atom. The second-order valence-electron chi connectivity index (χ2n) is 10.5. The quantitative estimate of drug-likeness (QED) is 0.482. The molecule has 4 rings (SSSR count). The molecule has 0 radical (unpaired) electrons. The highest BCUT2D eigenvalue weighted by Crippen LogP contribution is 2.27. The molecule has 2 saturated carbocycles. The lowest BCUT2D eigenvalue weighted by Gasteiger charge is -2.28. The fraction of sp³-hybridized carbons (Fsp3) is 0.571. The Morgan fingerprint density at radius 3 is 2.44 bits per heavy atom. The summed E-state index contributed by atoms with van der Waals surface area (Å²) in [4.78, 5) is 36.4. The molecule has 0 atom stereocenters. The first-order valence-corrected chi connectivity index (χ1v) is 13.4. The molecule has 194 valence electrons. The predicted molar refractivity (Wildman–Crippen MR) is 142 cm³/mol. The Labute approximate surface area is 214 Å². The molecule has 36 heavy (non-hydrogen) atoms. The van der Waals surface area contributed by atoms with Crippen LogP contribution in [0.25, 0.3) is 0 Å². The summed E-state index contributed by atoms with van der Waals surface area (Å²) in [6.45, 7) is 1.25. The van der Waals surface area contributed by atoms with E-state index in [4.69, 9.17) is 0 Å². The van der Waals surface area contributed by atoms with E-state index in [1.54, 1.807) is 6.20 Å². The number of carbonyl (C=O) groups is 2. The summed E-state index contributed by atoms with van der Waals surface area (Å²) in [6.07, 6.45) is 10.8. The second kappa shape index (κ2) is 12.8. The molecule has 3 N–H and O–H groups in total. The van der Waals surface area contributed by atoms with E-state index in [1.165, 1.54) is 6.42 Å². The normalized spacial score (nSPS) is 20.6. The highest BCUT2D eigenvalue weighted by molar-refractivity contribution is 5.92. The predicted octanol–water partition coefficient (Wildman–Crippen LogP) is 4.34. The first-order chi connectivity index (χ1) is 17.5. The number of hydrogen-bond acceptors (Lipinski definition) is 6. The zero-order valence-corrected chi connectivity index (χ0v) is 21.6. The summed E-state index contributed by atoms with van der Waals surface area (Å²) in [5, 5.41) is 9.62. The molecule has 1 aromatic heterocycles. The number of carbonyl (C=O) groups excluding carboxylic acids is 2. The van der Waals surface area contributed by atoms with E-state index in [0.717, 1.165) is 74.9 Å². The van der Waals surface area contributed by atoms with Crippen LogP contribution >= 0.6 is 0 Å². The van der Waals surface area contributed by atoms with E-state index in [9.17, 15) is 9.59 Å². The molecule has 0 unspecified atom stereocenters. The molecule has 8 nitrogen and oxygen atoms in total. The summed E-state index contributed by atoms with van der Waals surface area (Å²) in [6, 6.07) is 10.0. The number of hydrogen-bond donors (Lipinski definition) is 3. The van der Waals surface area contributed by atoms with Crippen molar-refractivity contribution < 1.29 is 9.59 Å². The van der Waals surface area contributed by atoms with Crippen LogP contribution in [0.4, 0.5) is 11.6 Å². The van der Waals surface area contributed by atoms with Crippen LogP contribution in [0.3, 0.4) is 0 Å². The van der Waals surface area contributed by atoms with Crippen LogP contribution < -0.4 is 16.0 Å². The fourth-order valence-corrected chi connectivity index (χ4v) is 5.26. The average molecular weight is 493 g/mol. The van der Waals surface area contributed by atoms with Gasteiger partial charge in [0.15, 0.2) is 0 Å². The van der Waals surface area contributed by atoms with Gasteiger partial charge in [0.05, 0.1) is 5.69 Å². The second-order valence-corrected chi connectivity index (χ2v) is 10.5. The van der Waals surface area contributed by atoms with Crippen LogP contribution in [0.1, 0.15) is 69.0 Å². The standard InChI is InChI=1S/C28H40N6O2/c1-34(2)19-25-15-16-29-28(33-25)32-23-13-11-22(12-14-23)26(35)30-18-20-7-6-10-24(17-20)31-27(36)21-8-4-3-5-9-21/h6-7,10,15-17,21-23H,3-5,8-9,11-14,18-19H2,1-2H3,(H,30,35)(H,31,36)(H,29,32,33). The van der Waals surface area contributed by atoms with Crippen molar-refractivity contribution in [2.75, 3.05) is 24.7 Å². The molecule has 2 fully saturated rings. The van der Waals surface area contributed by atoms with Crippen molar-refractivity contribution in [2.24, 2.45) is 11.8 Å². The number of aromatic nitrogens is 2. The van der Waals surface area contributed by atoms with Crippen molar-refractivity contribution >= 4 is 23.5 Å². The van der Waals surface area contributed by atoms with E-state index in [2.05, 4.69) is 30.8 Å². The third-order valence-electron chi connectivity index (χ3n) is 7.26. The molecule has 2 aliphatic carbocycles. The van der Waals surface area contributed by atoms with Crippen molar-refractivity contribution in [1.29, 1.82) is 0 Å². The molecule has 0 aliphatic heterocycles. The fourth-order valence-electron chi connectivity index (χ4n) is 5.26. The zero-order valence-electron chi connectivity index (χ0n) is 21.6. The zero-order chi connectivity index (χ0) is 25.3. The van der Waals surface area contributed by atoms with Gasteiger partial charge >= 0.3 is 0 Å². The monoisotopic (exact) mass is 492 g/mol. The topological polar surface area (TPSA) is 99.3 Å². The largest absolute Gasteiger partial charge is 0.352 e. The average Bonchev–Trinajstić information content (AvgIpc) is 2.88. The third-order valence-corrected chi connectivity index (χ3v) is 7.26. The summed E-state index contributed by atoms with van der Waals surface area (Å²) < 4.78 is 0. The van der Waals surface area contributed by atoms with Gasteiger partial charge < -0.3 is 20.9 Å². The molecule has 0 saturated heterocycles. The highest BCUT2D eigenvalue weighted by atomic mass is 16.2. The number of nitrogens with zero attached hydrogens (tertiary/aromatic N) is 3. The van der Waals surface area contributed by atoms with Crippen LogP contribution in [0, 0.1) is 11.8 Å². The van der Waals surface area contributed by atoms with Crippen LogP contribution in [0.15, 0.2) is 36.5 Å². The minimum absolute atomic E-state index is 0.0261. The van der Waals surface area contributed by atoms with E-state index < -0.39 is 0 Å². The number of nitrogens with one attached hydrogen (secondary N) is 3. The van der Waals surface area contributed by atoms with Gasteiger partial charge in [0, 0.05) is 42.9 Å². The van der Waals surface area contributed by atoms with Crippen molar-refractivity contribution in [2.45, 2.75) is 76.9 Å². The Balaban J connectivity index is 1.20. The van der Waals surface area contributed by atoms with Crippen molar-refractivity contribution in [3.8, 4) is 0 Å². The van der Waals surface area contributed by atoms with E-state index in [0.29, 0.717) is 12.5 Å². The molecule has 0 bridgehead atoms. The summed E-state index contributed by atoms with van der Waals surface area (Å²) >= 11 is 0. The Hall–Kier alpha value is -3.00. The van der Waals surface area contributed by atoms with E-state index in [1.807, 2.05) is 44.4 Å². The molecule has 2 aliphatic rings. The van der Waals surface area contributed by atoms with Gasteiger partial charge in [-0.2, -0.15) is 0 Å². The third kappa shape index (κ3) is 7.75. The molecule has 1 heterocycles. The van der Waals surface area contributed by atoms with Crippen molar-refractivity contribution in [1.82, 2.24) is 20.2 Å². The maximum absolute atomic E-state index is 12.8.